The second kappa shape index (κ2) is 5.84. The third-order valence-electron chi connectivity index (χ3n) is 5.08. The summed E-state index contributed by atoms with van der Waals surface area (Å²) in [5.41, 5.74) is 1.58. The van der Waals surface area contributed by atoms with Gasteiger partial charge in [0.2, 0.25) is 0 Å². The van der Waals surface area contributed by atoms with Gasteiger partial charge in [0, 0.05) is 19.2 Å². The van der Waals surface area contributed by atoms with Crippen molar-refractivity contribution in [1.82, 2.24) is 4.90 Å². The Hall–Kier alpha value is -0.900. The molecule has 3 rings (SSSR count). The van der Waals surface area contributed by atoms with Crippen LogP contribution >= 0.6 is 0 Å². The standard InChI is InChI=1S/C17H25NO2/c1-18(12-14-5-3-2-4-6-14)15-7-8-17(11-16(15)19)9-10-20-13-17/h2-6,15-16,19H,7-13H2,1H3. The molecule has 1 saturated heterocycles. The van der Waals surface area contributed by atoms with Gasteiger partial charge in [-0.2, -0.15) is 0 Å². The van der Waals surface area contributed by atoms with Gasteiger partial charge in [0.1, 0.15) is 0 Å². The lowest BCUT2D eigenvalue weighted by Gasteiger charge is -2.43. The Labute approximate surface area is 121 Å². The summed E-state index contributed by atoms with van der Waals surface area (Å²) in [5.74, 6) is 0. The molecule has 1 heterocycles. The van der Waals surface area contributed by atoms with E-state index in [0.717, 1.165) is 39.0 Å². The first-order valence-corrected chi connectivity index (χ1v) is 7.69. The van der Waals surface area contributed by atoms with Crippen molar-refractivity contribution < 1.29 is 9.84 Å². The molecule has 0 amide bonds. The zero-order valence-corrected chi connectivity index (χ0v) is 12.3. The molecule has 110 valence electrons. The summed E-state index contributed by atoms with van der Waals surface area (Å²) in [6, 6.07) is 10.8. The van der Waals surface area contributed by atoms with E-state index in [4.69, 9.17) is 4.74 Å². The predicted octanol–water partition coefficient (Wildman–Crippen LogP) is 2.44. The van der Waals surface area contributed by atoms with E-state index in [9.17, 15) is 5.11 Å². The van der Waals surface area contributed by atoms with Crippen molar-refractivity contribution in [3.63, 3.8) is 0 Å². The Morgan fingerprint density at radius 1 is 1.30 bits per heavy atom. The lowest BCUT2D eigenvalue weighted by atomic mass is 9.70. The van der Waals surface area contributed by atoms with Crippen molar-refractivity contribution in [3.8, 4) is 0 Å². The summed E-state index contributed by atoms with van der Waals surface area (Å²) in [5, 5.41) is 10.5. The van der Waals surface area contributed by atoms with Crippen LogP contribution in [0.2, 0.25) is 0 Å². The van der Waals surface area contributed by atoms with Crippen LogP contribution in [0, 0.1) is 5.41 Å². The highest BCUT2D eigenvalue weighted by Crippen LogP contribution is 2.43. The van der Waals surface area contributed by atoms with Crippen LogP contribution in [0.1, 0.15) is 31.2 Å². The van der Waals surface area contributed by atoms with Crippen molar-refractivity contribution in [2.24, 2.45) is 5.41 Å². The smallest absolute Gasteiger partial charge is 0.0701 e. The summed E-state index contributed by atoms with van der Waals surface area (Å²) in [6.07, 6.45) is 4.07. The van der Waals surface area contributed by atoms with E-state index in [0.29, 0.717) is 0 Å². The van der Waals surface area contributed by atoms with Crippen molar-refractivity contribution in [1.29, 1.82) is 0 Å². The minimum absolute atomic E-state index is 0.223. The Morgan fingerprint density at radius 2 is 2.10 bits per heavy atom. The molecule has 1 saturated carbocycles. The summed E-state index contributed by atoms with van der Waals surface area (Å²) in [7, 11) is 2.13. The van der Waals surface area contributed by atoms with E-state index < -0.39 is 0 Å². The SMILES string of the molecule is CN(Cc1ccccc1)C1CCC2(CCOC2)CC1O. The van der Waals surface area contributed by atoms with Crippen molar-refractivity contribution >= 4 is 0 Å². The molecule has 1 N–H and O–H groups in total. The number of hydrogen-bond acceptors (Lipinski definition) is 3. The first-order chi connectivity index (χ1) is 9.69. The average molecular weight is 275 g/mol. The van der Waals surface area contributed by atoms with Gasteiger partial charge in [0.15, 0.2) is 0 Å². The van der Waals surface area contributed by atoms with Crippen LogP contribution in [0.3, 0.4) is 0 Å². The molecule has 3 nitrogen and oxygen atoms in total. The molecule has 2 aliphatic rings. The molecule has 20 heavy (non-hydrogen) atoms. The molecule has 1 aromatic carbocycles. The van der Waals surface area contributed by atoms with E-state index in [1.165, 1.54) is 12.0 Å². The molecule has 3 atom stereocenters. The van der Waals surface area contributed by atoms with Gasteiger partial charge in [-0.1, -0.05) is 30.3 Å². The highest BCUT2D eigenvalue weighted by Gasteiger charge is 2.43. The molecular weight excluding hydrogens is 250 g/mol. The minimum Gasteiger partial charge on any atom is -0.391 e. The van der Waals surface area contributed by atoms with Gasteiger partial charge in [0.05, 0.1) is 12.7 Å². The van der Waals surface area contributed by atoms with Crippen molar-refractivity contribution in [2.75, 3.05) is 20.3 Å². The number of aliphatic hydroxyl groups excluding tert-OH is 1. The van der Waals surface area contributed by atoms with Crippen LogP contribution in [-0.4, -0.2) is 42.4 Å². The Morgan fingerprint density at radius 3 is 2.75 bits per heavy atom. The molecule has 1 aromatic rings. The molecule has 1 spiro atoms. The molecule has 2 fully saturated rings. The first-order valence-electron chi connectivity index (χ1n) is 7.69. The van der Waals surface area contributed by atoms with Crippen LogP contribution in [-0.2, 0) is 11.3 Å². The molecule has 3 heteroatoms. The fraction of sp³-hybridized carbons (Fsp3) is 0.647. The monoisotopic (exact) mass is 275 g/mol. The van der Waals surface area contributed by atoms with Crippen LogP contribution < -0.4 is 0 Å². The van der Waals surface area contributed by atoms with Gasteiger partial charge in [-0.05, 0) is 43.7 Å². The van der Waals surface area contributed by atoms with E-state index in [1.54, 1.807) is 0 Å². The van der Waals surface area contributed by atoms with Gasteiger partial charge >= 0.3 is 0 Å². The third-order valence-corrected chi connectivity index (χ3v) is 5.08. The lowest BCUT2D eigenvalue weighted by molar-refractivity contribution is -0.0268. The second-order valence-corrected chi connectivity index (χ2v) is 6.58. The second-order valence-electron chi connectivity index (χ2n) is 6.58. The normalized spacial score (nSPS) is 34.0. The number of hydrogen-bond donors (Lipinski definition) is 1. The molecule has 1 aliphatic carbocycles. The Bertz CT molecular complexity index is 428. The maximum absolute atomic E-state index is 10.5. The van der Waals surface area contributed by atoms with Gasteiger partial charge < -0.3 is 9.84 Å². The fourth-order valence-electron chi connectivity index (χ4n) is 3.84. The van der Waals surface area contributed by atoms with Gasteiger partial charge in [-0.15, -0.1) is 0 Å². The summed E-state index contributed by atoms with van der Waals surface area (Å²) in [6.45, 7) is 2.63. The summed E-state index contributed by atoms with van der Waals surface area (Å²) in [4.78, 5) is 2.31. The Balaban J connectivity index is 1.60. The van der Waals surface area contributed by atoms with Gasteiger partial charge in [-0.25, -0.2) is 0 Å². The third kappa shape index (κ3) is 2.90. The highest BCUT2D eigenvalue weighted by atomic mass is 16.5. The maximum atomic E-state index is 10.5. The number of rotatable bonds is 3. The average Bonchev–Trinajstić information content (AvgIpc) is 2.88. The van der Waals surface area contributed by atoms with Crippen molar-refractivity contribution in [3.05, 3.63) is 35.9 Å². The van der Waals surface area contributed by atoms with E-state index in [1.807, 2.05) is 6.07 Å². The summed E-state index contributed by atoms with van der Waals surface area (Å²) >= 11 is 0. The van der Waals surface area contributed by atoms with Crippen molar-refractivity contribution in [2.45, 2.75) is 44.4 Å². The quantitative estimate of drug-likeness (QED) is 0.919. The van der Waals surface area contributed by atoms with E-state index >= 15 is 0 Å². The molecule has 0 radical (unpaired) electrons. The van der Waals surface area contributed by atoms with E-state index in [-0.39, 0.29) is 17.6 Å². The minimum atomic E-state index is -0.223. The molecule has 0 aromatic heterocycles. The first kappa shape index (κ1) is 14.1. The lowest BCUT2D eigenvalue weighted by Crippen LogP contribution is -2.48. The Kier molecular flexibility index (Phi) is 4.11. The van der Waals surface area contributed by atoms with Gasteiger partial charge in [-0.3, -0.25) is 4.90 Å². The molecule has 3 unspecified atom stereocenters. The van der Waals surface area contributed by atoms with Gasteiger partial charge in [0.25, 0.3) is 0 Å². The van der Waals surface area contributed by atoms with Crippen LogP contribution in [0.5, 0.6) is 0 Å². The topological polar surface area (TPSA) is 32.7 Å². The summed E-state index contributed by atoms with van der Waals surface area (Å²) < 4.78 is 5.55. The number of likely N-dealkylation sites (N-methyl/N-ethyl adjacent to an activating group) is 1. The zero-order valence-electron chi connectivity index (χ0n) is 12.3. The number of aliphatic hydroxyl groups is 1. The number of ether oxygens (including phenoxy) is 1. The largest absolute Gasteiger partial charge is 0.391 e. The number of benzene rings is 1. The number of nitrogens with zero attached hydrogens (tertiary/aromatic N) is 1. The molecular formula is C17H25NO2. The zero-order chi connectivity index (χ0) is 14.0. The van der Waals surface area contributed by atoms with Crippen LogP contribution in [0.15, 0.2) is 30.3 Å². The van der Waals surface area contributed by atoms with E-state index in [2.05, 4.69) is 36.2 Å². The maximum Gasteiger partial charge on any atom is 0.0701 e. The van der Waals surface area contributed by atoms with Crippen LogP contribution in [0.4, 0.5) is 0 Å². The predicted molar refractivity (Wildman–Crippen MR) is 79.4 cm³/mol. The molecule has 1 aliphatic heterocycles. The molecule has 0 bridgehead atoms. The highest BCUT2D eigenvalue weighted by molar-refractivity contribution is 5.14. The van der Waals surface area contributed by atoms with Crippen LogP contribution in [0.25, 0.3) is 0 Å². The fourth-order valence-corrected chi connectivity index (χ4v) is 3.84.